The Kier molecular flexibility index (Phi) is 7.49. The average molecular weight is 487 g/mol. The molecule has 10 heteroatoms. The molecule has 1 fully saturated rings. The molecule has 4 rings (SSSR count). The van der Waals surface area contributed by atoms with Gasteiger partial charge in [0.25, 0.3) is 0 Å². The standard InChI is InChI=1S/C23H26N4O4S2/c1-17-21(14-18-6-3-2-4-7-18)26-23(24-17)32-16-22(28)25-19-8-5-9-20(15-19)33(29,30)27-10-12-31-13-11-27/h2-9,15H,10-14,16H2,1H3,(H,24,26)(H,25,28). The lowest BCUT2D eigenvalue weighted by atomic mass is 10.1. The molecule has 1 saturated heterocycles. The fourth-order valence-corrected chi connectivity index (χ4v) is 5.69. The van der Waals surface area contributed by atoms with Crippen molar-refractivity contribution >= 4 is 33.4 Å². The third kappa shape index (κ3) is 6.02. The van der Waals surface area contributed by atoms with E-state index in [-0.39, 0.29) is 16.6 Å². The van der Waals surface area contributed by atoms with E-state index >= 15 is 0 Å². The van der Waals surface area contributed by atoms with Gasteiger partial charge in [-0.05, 0) is 30.7 Å². The van der Waals surface area contributed by atoms with Gasteiger partial charge in [0.2, 0.25) is 15.9 Å². The number of hydrogen-bond acceptors (Lipinski definition) is 6. The number of anilines is 1. The molecule has 0 bridgehead atoms. The first-order chi connectivity index (χ1) is 15.9. The van der Waals surface area contributed by atoms with Gasteiger partial charge in [-0.2, -0.15) is 4.31 Å². The Bertz CT molecular complexity index is 1210. The number of carbonyl (C=O) groups is 1. The van der Waals surface area contributed by atoms with Crippen molar-refractivity contribution in [3.63, 3.8) is 0 Å². The summed E-state index contributed by atoms with van der Waals surface area (Å²) in [6.07, 6.45) is 0.723. The average Bonchev–Trinajstić information content (AvgIpc) is 3.18. The second-order valence-electron chi connectivity index (χ2n) is 7.66. The van der Waals surface area contributed by atoms with Crippen molar-refractivity contribution in [1.29, 1.82) is 0 Å². The number of carbonyl (C=O) groups excluding carboxylic acids is 1. The Morgan fingerprint density at radius 2 is 1.91 bits per heavy atom. The van der Waals surface area contributed by atoms with E-state index in [1.54, 1.807) is 12.1 Å². The SMILES string of the molecule is Cc1[nH]c(SCC(=O)Nc2cccc(S(=O)(=O)N3CCOCC3)c2)nc1Cc1ccccc1. The van der Waals surface area contributed by atoms with Crippen molar-refractivity contribution < 1.29 is 17.9 Å². The highest BCUT2D eigenvalue weighted by Gasteiger charge is 2.26. The Labute approximate surface area is 197 Å². The predicted octanol–water partition coefficient (Wildman–Crippen LogP) is 3.06. The van der Waals surface area contributed by atoms with Crippen LogP contribution in [0.15, 0.2) is 64.6 Å². The number of nitrogens with zero attached hydrogens (tertiary/aromatic N) is 2. The molecule has 1 aliphatic heterocycles. The third-order valence-corrected chi connectivity index (χ3v) is 8.01. The van der Waals surface area contributed by atoms with Gasteiger partial charge in [-0.3, -0.25) is 4.79 Å². The van der Waals surface area contributed by atoms with Crippen LogP contribution in [-0.2, 0) is 26.0 Å². The van der Waals surface area contributed by atoms with Gasteiger partial charge in [-0.15, -0.1) is 0 Å². The van der Waals surface area contributed by atoms with Crippen LogP contribution in [0, 0.1) is 6.92 Å². The topological polar surface area (TPSA) is 104 Å². The van der Waals surface area contributed by atoms with E-state index in [0.717, 1.165) is 17.8 Å². The number of aromatic amines is 1. The summed E-state index contributed by atoms with van der Waals surface area (Å²) >= 11 is 1.31. The molecule has 2 heterocycles. The third-order valence-electron chi connectivity index (χ3n) is 5.24. The van der Waals surface area contributed by atoms with Gasteiger partial charge in [-0.1, -0.05) is 48.2 Å². The largest absolute Gasteiger partial charge is 0.379 e. The molecule has 1 amide bonds. The van der Waals surface area contributed by atoms with Crippen LogP contribution in [0.1, 0.15) is 17.0 Å². The van der Waals surface area contributed by atoms with Crippen LogP contribution in [0.4, 0.5) is 5.69 Å². The number of thioether (sulfide) groups is 1. The van der Waals surface area contributed by atoms with Gasteiger partial charge in [0.05, 0.1) is 29.6 Å². The second-order valence-corrected chi connectivity index (χ2v) is 10.6. The van der Waals surface area contributed by atoms with Crippen LogP contribution in [0.3, 0.4) is 0 Å². The minimum atomic E-state index is -3.62. The Balaban J connectivity index is 1.35. The minimum absolute atomic E-state index is 0.151. The number of nitrogens with one attached hydrogen (secondary N) is 2. The number of amides is 1. The lowest BCUT2D eigenvalue weighted by molar-refractivity contribution is -0.113. The van der Waals surface area contributed by atoms with Crippen molar-refractivity contribution in [2.45, 2.75) is 23.4 Å². The molecule has 8 nitrogen and oxygen atoms in total. The normalized spacial score (nSPS) is 14.8. The highest BCUT2D eigenvalue weighted by atomic mass is 32.2. The van der Waals surface area contributed by atoms with Crippen molar-refractivity contribution in [3.05, 3.63) is 71.5 Å². The molecule has 0 saturated carbocycles. The Hall–Kier alpha value is -2.66. The maximum absolute atomic E-state index is 12.8. The molecule has 0 unspecified atom stereocenters. The predicted molar refractivity (Wildman–Crippen MR) is 128 cm³/mol. The zero-order valence-corrected chi connectivity index (χ0v) is 19.9. The van der Waals surface area contributed by atoms with Crippen molar-refractivity contribution in [1.82, 2.24) is 14.3 Å². The number of H-pyrrole nitrogens is 1. The summed E-state index contributed by atoms with van der Waals surface area (Å²) in [6, 6.07) is 16.4. The quantitative estimate of drug-likeness (QED) is 0.474. The molecule has 3 aromatic rings. The van der Waals surface area contributed by atoms with Crippen LogP contribution in [-0.4, -0.2) is 60.7 Å². The van der Waals surface area contributed by atoms with Crippen molar-refractivity contribution in [2.75, 3.05) is 37.4 Å². The molecular weight excluding hydrogens is 460 g/mol. The van der Waals surface area contributed by atoms with Crippen LogP contribution < -0.4 is 5.32 Å². The molecule has 2 aromatic carbocycles. The summed E-state index contributed by atoms with van der Waals surface area (Å²) < 4.78 is 32.3. The van der Waals surface area contributed by atoms with E-state index < -0.39 is 10.0 Å². The van der Waals surface area contributed by atoms with Gasteiger partial charge in [-0.25, -0.2) is 13.4 Å². The Morgan fingerprint density at radius 1 is 1.15 bits per heavy atom. The van der Waals surface area contributed by atoms with Gasteiger partial charge in [0.15, 0.2) is 5.16 Å². The number of imidazole rings is 1. The maximum atomic E-state index is 12.8. The highest BCUT2D eigenvalue weighted by molar-refractivity contribution is 7.99. The molecule has 0 spiro atoms. The van der Waals surface area contributed by atoms with Gasteiger partial charge in [0, 0.05) is 30.9 Å². The van der Waals surface area contributed by atoms with E-state index in [4.69, 9.17) is 4.74 Å². The molecule has 0 atom stereocenters. The van der Waals surface area contributed by atoms with Gasteiger partial charge in [0.1, 0.15) is 0 Å². The molecule has 1 aromatic heterocycles. The first kappa shape index (κ1) is 23.5. The number of ether oxygens (including phenoxy) is 1. The summed E-state index contributed by atoms with van der Waals surface area (Å²) in [6.45, 7) is 3.38. The van der Waals surface area contributed by atoms with Crippen molar-refractivity contribution in [3.8, 4) is 0 Å². The summed E-state index contributed by atoms with van der Waals surface area (Å²) in [5.74, 6) is -0.0855. The molecule has 2 N–H and O–H groups in total. The van der Waals surface area contributed by atoms with Gasteiger partial charge >= 0.3 is 0 Å². The number of morpholine rings is 1. The number of sulfonamides is 1. The number of hydrogen-bond donors (Lipinski definition) is 2. The molecule has 1 aliphatic rings. The monoisotopic (exact) mass is 486 g/mol. The molecule has 0 radical (unpaired) electrons. The van der Waals surface area contributed by atoms with E-state index in [0.29, 0.717) is 37.1 Å². The summed E-state index contributed by atoms with van der Waals surface area (Å²) in [7, 11) is -3.62. The maximum Gasteiger partial charge on any atom is 0.243 e. The van der Waals surface area contributed by atoms with E-state index in [1.807, 2.05) is 25.1 Å². The lowest BCUT2D eigenvalue weighted by Gasteiger charge is -2.26. The minimum Gasteiger partial charge on any atom is -0.379 e. The molecule has 0 aliphatic carbocycles. The van der Waals surface area contributed by atoms with E-state index in [2.05, 4.69) is 27.4 Å². The number of aryl methyl sites for hydroxylation is 1. The fourth-order valence-electron chi connectivity index (χ4n) is 3.50. The van der Waals surface area contributed by atoms with Gasteiger partial charge < -0.3 is 15.0 Å². The van der Waals surface area contributed by atoms with Crippen molar-refractivity contribution in [2.24, 2.45) is 0 Å². The van der Waals surface area contributed by atoms with Crippen LogP contribution in [0.2, 0.25) is 0 Å². The first-order valence-corrected chi connectivity index (χ1v) is 13.0. The van der Waals surface area contributed by atoms with E-state index in [9.17, 15) is 13.2 Å². The first-order valence-electron chi connectivity index (χ1n) is 10.6. The summed E-state index contributed by atoms with van der Waals surface area (Å²) in [5, 5.41) is 3.46. The second kappa shape index (κ2) is 10.5. The number of rotatable bonds is 8. The smallest absolute Gasteiger partial charge is 0.243 e. The molecule has 33 heavy (non-hydrogen) atoms. The zero-order valence-electron chi connectivity index (χ0n) is 18.3. The summed E-state index contributed by atoms with van der Waals surface area (Å²) in [4.78, 5) is 20.5. The van der Waals surface area contributed by atoms with E-state index in [1.165, 1.54) is 33.8 Å². The van der Waals surface area contributed by atoms with Crippen LogP contribution >= 0.6 is 11.8 Å². The lowest BCUT2D eigenvalue weighted by Crippen LogP contribution is -2.40. The molecule has 174 valence electrons. The number of aromatic nitrogens is 2. The summed E-state index contributed by atoms with van der Waals surface area (Å²) in [5.41, 5.74) is 3.54. The number of benzene rings is 2. The highest BCUT2D eigenvalue weighted by Crippen LogP contribution is 2.22. The fraction of sp³-hybridized carbons (Fsp3) is 0.304. The Morgan fingerprint density at radius 3 is 2.67 bits per heavy atom. The molecular formula is C23H26N4O4S2. The van der Waals surface area contributed by atoms with Crippen LogP contribution in [0.5, 0.6) is 0 Å². The van der Waals surface area contributed by atoms with Crippen LogP contribution in [0.25, 0.3) is 0 Å². The zero-order chi connectivity index (χ0) is 23.3.